The summed E-state index contributed by atoms with van der Waals surface area (Å²) in [7, 11) is 1.17. The van der Waals surface area contributed by atoms with E-state index in [9.17, 15) is 19.0 Å². The van der Waals surface area contributed by atoms with Gasteiger partial charge in [0.05, 0.1) is 27.7 Å². The first-order valence-electron chi connectivity index (χ1n) is 29.0. The molecule has 402 valence electrons. The molecule has 0 spiro atoms. The minimum absolute atomic E-state index is 0.0302. The van der Waals surface area contributed by atoms with Crippen LogP contribution in [0.25, 0.3) is 0 Å². The molecule has 0 aromatic heterocycles. The maximum Gasteiger partial charge on any atom is 0.306 e. The molecular weight excluding hydrogens is 870 g/mol. The monoisotopic (exact) mass is 982 g/mol. The van der Waals surface area contributed by atoms with Gasteiger partial charge in [-0.3, -0.25) is 14.2 Å². The summed E-state index contributed by atoms with van der Waals surface area (Å²) in [6.45, 7) is 4.26. The van der Waals surface area contributed by atoms with E-state index in [0.717, 1.165) is 51.4 Å². The molecule has 0 rings (SSSR count). The molecule has 0 radical (unpaired) electrons. The summed E-state index contributed by atoms with van der Waals surface area (Å²) in [6.07, 6.45) is 59.4. The molecule has 2 unspecified atom stereocenters. The van der Waals surface area contributed by atoms with E-state index in [1.54, 1.807) is 0 Å². The Kier molecular flexibility index (Phi) is 49.3. The molecule has 68 heavy (non-hydrogen) atoms. The first-order valence-corrected chi connectivity index (χ1v) is 30.5. The normalized spacial score (nSPS) is 13.4. The predicted molar refractivity (Wildman–Crippen MR) is 287 cm³/mol. The third-order valence-electron chi connectivity index (χ3n) is 13.0. The SMILES string of the molecule is CCCCCC/C=C\C/C=C\CCCCCCCCCC(=O)OC(COC(=O)CCCCCCCCCCCCCCCCCCCCCCCCCCCC)COP(=O)([O-])OCC[N+](C)(C)C. The van der Waals surface area contributed by atoms with Crippen LogP contribution in [0.3, 0.4) is 0 Å². The Labute approximate surface area is 421 Å². The molecule has 0 aliphatic heterocycles. The van der Waals surface area contributed by atoms with Crippen molar-refractivity contribution < 1.29 is 42.1 Å². The second-order valence-corrected chi connectivity index (χ2v) is 22.4. The molecule has 2 atom stereocenters. The number of allylic oxidation sites excluding steroid dienone is 4. The van der Waals surface area contributed by atoms with Gasteiger partial charge in [0.25, 0.3) is 7.82 Å². The van der Waals surface area contributed by atoms with Gasteiger partial charge in [-0.25, -0.2) is 0 Å². The highest BCUT2D eigenvalue weighted by Crippen LogP contribution is 2.38. The molecule has 0 aromatic carbocycles. The van der Waals surface area contributed by atoms with E-state index in [1.165, 1.54) is 199 Å². The van der Waals surface area contributed by atoms with Gasteiger partial charge < -0.3 is 27.9 Å². The molecule has 0 aromatic rings. The number of carbonyl (C=O) groups is 2. The van der Waals surface area contributed by atoms with E-state index in [4.69, 9.17) is 18.5 Å². The molecule has 0 saturated heterocycles. The van der Waals surface area contributed by atoms with Crippen LogP contribution in [0.15, 0.2) is 24.3 Å². The zero-order valence-electron chi connectivity index (χ0n) is 45.6. The van der Waals surface area contributed by atoms with Crippen molar-refractivity contribution in [1.29, 1.82) is 0 Å². The molecule has 10 heteroatoms. The van der Waals surface area contributed by atoms with Gasteiger partial charge in [0.2, 0.25) is 0 Å². The third-order valence-corrected chi connectivity index (χ3v) is 13.9. The molecule has 0 fully saturated rings. The van der Waals surface area contributed by atoms with Gasteiger partial charge in [0, 0.05) is 12.8 Å². The lowest BCUT2D eigenvalue weighted by Crippen LogP contribution is -2.37. The Morgan fingerprint density at radius 2 is 0.794 bits per heavy atom. The summed E-state index contributed by atoms with van der Waals surface area (Å²) >= 11 is 0. The van der Waals surface area contributed by atoms with Gasteiger partial charge in [0.1, 0.15) is 19.8 Å². The zero-order valence-corrected chi connectivity index (χ0v) is 46.5. The second-order valence-electron chi connectivity index (χ2n) is 21.0. The van der Waals surface area contributed by atoms with E-state index in [2.05, 4.69) is 38.2 Å². The molecule has 0 aliphatic rings. The standard InChI is InChI=1S/C58H112NO8P/c1-6-8-10-12-14-16-18-20-22-24-26-27-28-29-30-31-32-33-35-36-38-40-42-44-46-48-50-57(60)64-54-56(55-66-68(62,63)65-53-52-59(3,4)5)67-58(61)51-49-47-45-43-41-39-37-34-25-23-21-19-17-15-13-11-9-7-2/h17,19,23,25,56H,6-16,18,20-22,24,26-55H2,1-5H3/b19-17-,25-23-. The average molecular weight is 983 g/mol. The number of nitrogens with zero attached hydrogens (tertiary/aromatic N) is 1. The predicted octanol–water partition coefficient (Wildman–Crippen LogP) is 17.2. The lowest BCUT2D eigenvalue weighted by molar-refractivity contribution is -0.870. The van der Waals surface area contributed by atoms with Crippen molar-refractivity contribution in [3.63, 3.8) is 0 Å². The Hall–Kier alpha value is -1.51. The first kappa shape index (κ1) is 66.5. The van der Waals surface area contributed by atoms with E-state index in [1.807, 2.05) is 21.1 Å². The van der Waals surface area contributed by atoms with Gasteiger partial charge >= 0.3 is 11.9 Å². The van der Waals surface area contributed by atoms with E-state index >= 15 is 0 Å². The molecule has 0 bridgehead atoms. The maximum absolute atomic E-state index is 12.8. The van der Waals surface area contributed by atoms with Crippen molar-refractivity contribution in [2.24, 2.45) is 0 Å². The summed E-state index contributed by atoms with van der Waals surface area (Å²) < 4.78 is 34.1. The molecule has 0 N–H and O–H groups in total. The van der Waals surface area contributed by atoms with Crippen molar-refractivity contribution in [2.75, 3.05) is 47.5 Å². The highest BCUT2D eigenvalue weighted by atomic mass is 31.2. The Morgan fingerprint density at radius 1 is 0.456 bits per heavy atom. The van der Waals surface area contributed by atoms with Crippen molar-refractivity contribution in [1.82, 2.24) is 0 Å². The largest absolute Gasteiger partial charge is 0.756 e. The Morgan fingerprint density at radius 3 is 1.18 bits per heavy atom. The van der Waals surface area contributed by atoms with Crippen molar-refractivity contribution in [3.8, 4) is 0 Å². The van der Waals surface area contributed by atoms with Crippen LogP contribution in [0.1, 0.15) is 284 Å². The van der Waals surface area contributed by atoms with Crippen LogP contribution in [0.2, 0.25) is 0 Å². The zero-order chi connectivity index (χ0) is 49.9. The van der Waals surface area contributed by atoms with Crippen molar-refractivity contribution >= 4 is 19.8 Å². The number of hydrogen-bond acceptors (Lipinski definition) is 8. The number of rotatable bonds is 54. The number of unbranched alkanes of at least 4 members (excludes halogenated alkanes) is 36. The number of quaternary nitrogens is 1. The van der Waals surface area contributed by atoms with E-state index in [-0.39, 0.29) is 32.0 Å². The third kappa shape index (κ3) is 53.8. The van der Waals surface area contributed by atoms with Gasteiger partial charge in [-0.15, -0.1) is 0 Å². The summed E-state index contributed by atoms with van der Waals surface area (Å²) in [4.78, 5) is 37.8. The fourth-order valence-corrected chi connectivity index (χ4v) is 9.18. The summed E-state index contributed by atoms with van der Waals surface area (Å²) in [5, 5.41) is 0. The maximum atomic E-state index is 12.8. The number of phosphoric acid groups is 1. The minimum Gasteiger partial charge on any atom is -0.756 e. The molecular formula is C58H112NO8P. The molecule has 0 aliphatic carbocycles. The van der Waals surface area contributed by atoms with E-state index < -0.39 is 26.5 Å². The van der Waals surface area contributed by atoms with Crippen LogP contribution >= 0.6 is 7.82 Å². The Bertz CT molecular complexity index is 1200. The van der Waals surface area contributed by atoms with Crippen LogP contribution in [0.5, 0.6) is 0 Å². The smallest absolute Gasteiger partial charge is 0.306 e. The molecule has 0 saturated carbocycles. The topological polar surface area (TPSA) is 111 Å². The Balaban J connectivity index is 4.10. The molecule has 9 nitrogen and oxygen atoms in total. The van der Waals surface area contributed by atoms with Crippen LogP contribution < -0.4 is 4.89 Å². The van der Waals surface area contributed by atoms with Crippen molar-refractivity contribution in [3.05, 3.63) is 24.3 Å². The van der Waals surface area contributed by atoms with Gasteiger partial charge in [-0.1, -0.05) is 250 Å². The quantitative estimate of drug-likeness (QED) is 0.0195. The van der Waals surface area contributed by atoms with Crippen LogP contribution in [-0.2, 0) is 32.7 Å². The lowest BCUT2D eigenvalue weighted by Gasteiger charge is -2.28. The van der Waals surface area contributed by atoms with Crippen LogP contribution in [0.4, 0.5) is 0 Å². The first-order chi connectivity index (χ1) is 33.0. The van der Waals surface area contributed by atoms with Gasteiger partial charge in [0.15, 0.2) is 6.10 Å². The average Bonchev–Trinajstić information content (AvgIpc) is 3.30. The summed E-state index contributed by atoms with van der Waals surface area (Å²) in [6, 6.07) is 0. The molecule has 0 amide bonds. The van der Waals surface area contributed by atoms with Crippen LogP contribution in [0, 0.1) is 0 Å². The number of phosphoric ester groups is 1. The summed E-state index contributed by atoms with van der Waals surface area (Å²) in [5.74, 6) is -0.827. The summed E-state index contributed by atoms with van der Waals surface area (Å²) in [5.41, 5.74) is 0. The van der Waals surface area contributed by atoms with Gasteiger partial charge in [-0.05, 0) is 44.9 Å². The minimum atomic E-state index is -4.63. The highest BCUT2D eigenvalue weighted by Gasteiger charge is 2.22. The molecule has 0 heterocycles. The number of carbonyl (C=O) groups excluding carboxylic acids is 2. The fraction of sp³-hybridized carbons (Fsp3) is 0.897. The number of esters is 2. The van der Waals surface area contributed by atoms with Gasteiger partial charge in [-0.2, -0.15) is 0 Å². The number of hydrogen-bond donors (Lipinski definition) is 0. The fourth-order valence-electron chi connectivity index (χ4n) is 8.45. The number of likely N-dealkylation sites (N-methyl/N-ethyl adjacent to an activating group) is 1. The van der Waals surface area contributed by atoms with Crippen LogP contribution in [-0.4, -0.2) is 70.0 Å². The second kappa shape index (κ2) is 50.4. The van der Waals surface area contributed by atoms with E-state index in [0.29, 0.717) is 17.4 Å². The lowest BCUT2D eigenvalue weighted by atomic mass is 10.0. The highest BCUT2D eigenvalue weighted by molar-refractivity contribution is 7.45. The number of ether oxygens (including phenoxy) is 2. The van der Waals surface area contributed by atoms with Crippen molar-refractivity contribution in [2.45, 2.75) is 290 Å².